The normalized spacial score (nSPS) is 18.9. The van der Waals surface area contributed by atoms with E-state index in [2.05, 4.69) is 0 Å². The molecule has 20 heavy (non-hydrogen) atoms. The number of carbonyl (C=O) groups excluding carboxylic acids is 1. The lowest BCUT2D eigenvalue weighted by atomic mass is 9.73. The largest absolute Gasteiger partial charge is 0.391 e. The fourth-order valence-electron chi connectivity index (χ4n) is 2.97. The summed E-state index contributed by atoms with van der Waals surface area (Å²) in [6.07, 6.45) is 7.84. The molecule has 114 valence electrons. The molecule has 3 heteroatoms. The molecule has 0 bridgehead atoms. The minimum atomic E-state index is -0.916. The minimum absolute atomic E-state index is 0.00380. The van der Waals surface area contributed by atoms with Gasteiger partial charge in [-0.25, -0.2) is 0 Å². The van der Waals surface area contributed by atoms with Crippen LogP contribution in [0.3, 0.4) is 0 Å². The van der Waals surface area contributed by atoms with Crippen molar-refractivity contribution in [2.75, 3.05) is 0 Å². The minimum Gasteiger partial charge on any atom is -0.391 e. The summed E-state index contributed by atoms with van der Waals surface area (Å²) in [6, 6.07) is 0.227. The Hall–Kier alpha value is -1.09. The van der Waals surface area contributed by atoms with Crippen LogP contribution < -0.4 is 0 Å². The summed E-state index contributed by atoms with van der Waals surface area (Å²) < 4.78 is 0. The summed E-state index contributed by atoms with van der Waals surface area (Å²) in [5.74, 6) is 0.0171. The van der Waals surface area contributed by atoms with Crippen molar-refractivity contribution in [2.45, 2.75) is 66.2 Å². The van der Waals surface area contributed by atoms with Crippen LogP contribution in [-0.4, -0.2) is 34.1 Å². The van der Waals surface area contributed by atoms with Gasteiger partial charge < -0.3 is 10.0 Å². The zero-order valence-electron chi connectivity index (χ0n) is 13.6. The molecule has 1 N–H and O–H groups in total. The molecule has 0 aliphatic heterocycles. The van der Waals surface area contributed by atoms with Crippen molar-refractivity contribution in [3.63, 3.8) is 0 Å². The highest BCUT2D eigenvalue weighted by Crippen LogP contribution is 2.36. The Kier molecular flexibility index (Phi) is 5.58. The third kappa shape index (κ3) is 3.14. The molecule has 1 unspecified atom stereocenters. The van der Waals surface area contributed by atoms with Gasteiger partial charge in [-0.15, -0.1) is 0 Å². The van der Waals surface area contributed by atoms with Crippen LogP contribution in [0.15, 0.2) is 24.3 Å². The van der Waals surface area contributed by atoms with E-state index in [4.69, 9.17) is 0 Å². The van der Waals surface area contributed by atoms with Crippen molar-refractivity contribution < 1.29 is 9.90 Å². The van der Waals surface area contributed by atoms with E-state index in [1.165, 1.54) is 0 Å². The molecule has 0 aromatic rings. The summed E-state index contributed by atoms with van der Waals surface area (Å²) in [6.45, 7) is 12.0. The molecule has 0 fully saturated rings. The smallest absolute Gasteiger partial charge is 0.239 e. The Morgan fingerprint density at radius 2 is 1.50 bits per heavy atom. The molecule has 0 aromatic carbocycles. The number of hydrogen-bond donors (Lipinski definition) is 1. The van der Waals surface area contributed by atoms with Gasteiger partial charge in [-0.2, -0.15) is 0 Å². The van der Waals surface area contributed by atoms with Crippen LogP contribution in [0.4, 0.5) is 0 Å². The number of allylic oxidation sites excluding steroid dienone is 2. The fourth-order valence-corrected chi connectivity index (χ4v) is 2.97. The average molecular weight is 279 g/mol. The van der Waals surface area contributed by atoms with Gasteiger partial charge in [0.25, 0.3) is 0 Å². The Bertz CT molecular complexity index is 374. The Balaban J connectivity index is 3.24. The number of aliphatic hydroxyl groups excluding tert-OH is 1. The van der Waals surface area contributed by atoms with Crippen LogP contribution in [0.5, 0.6) is 0 Å². The number of nitrogens with zero attached hydrogens (tertiary/aromatic N) is 1. The van der Waals surface area contributed by atoms with Gasteiger partial charge in [0.05, 0.1) is 6.10 Å². The molecule has 0 saturated carbocycles. The van der Waals surface area contributed by atoms with E-state index >= 15 is 0 Å². The van der Waals surface area contributed by atoms with E-state index in [0.29, 0.717) is 0 Å². The summed E-state index contributed by atoms with van der Waals surface area (Å²) in [4.78, 5) is 15.0. The predicted molar refractivity (Wildman–Crippen MR) is 83.3 cm³/mol. The van der Waals surface area contributed by atoms with E-state index in [1.54, 1.807) is 0 Å². The monoisotopic (exact) mass is 279 g/mol. The van der Waals surface area contributed by atoms with E-state index in [-0.39, 0.29) is 23.9 Å². The van der Waals surface area contributed by atoms with Crippen molar-refractivity contribution >= 4 is 5.91 Å². The van der Waals surface area contributed by atoms with E-state index in [0.717, 1.165) is 6.42 Å². The highest BCUT2D eigenvalue weighted by Gasteiger charge is 2.46. The second-order valence-electron chi connectivity index (χ2n) is 6.56. The molecule has 1 aliphatic carbocycles. The molecule has 0 saturated heterocycles. The van der Waals surface area contributed by atoms with Crippen LogP contribution >= 0.6 is 0 Å². The Morgan fingerprint density at radius 3 is 1.85 bits per heavy atom. The number of carbonyl (C=O) groups is 1. The molecule has 3 nitrogen and oxygen atoms in total. The lowest BCUT2D eigenvalue weighted by Crippen LogP contribution is -2.54. The fraction of sp³-hybridized carbons (Fsp3) is 0.706. The second kappa shape index (κ2) is 6.57. The number of hydrogen-bond acceptors (Lipinski definition) is 2. The molecule has 0 radical (unpaired) electrons. The zero-order chi connectivity index (χ0) is 15.5. The molecule has 0 heterocycles. The summed E-state index contributed by atoms with van der Waals surface area (Å²) >= 11 is 0. The molecular weight excluding hydrogens is 250 g/mol. The van der Waals surface area contributed by atoms with Gasteiger partial charge >= 0.3 is 0 Å². The quantitative estimate of drug-likeness (QED) is 0.785. The van der Waals surface area contributed by atoms with Gasteiger partial charge in [-0.1, -0.05) is 38.2 Å². The molecule has 1 atom stereocenters. The van der Waals surface area contributed by atoms with E-state index in [1.807, 2.05) is 70.7 Å². The number of aliphatic hydroxyl groups is 1. The highest BCUT2D eigenvalue weighted by molar-refractivity contribution is 5.88. The zero-order valence-corrected chi connectivity index (χ0v) is 13.6. The maximum absolute atomic E-state index is 13.1. The second-order valence-corrected chi connectivity index (χ2v) is 6.56. The van der Waals surface area contributed by atoms with E-state index < -0.39 is 11.5 Å². The van der Waals surface area contributed by atoms with Gasteiger partial charge in [0.1, 0.15) is 5.41 Å². The standard InChI is InChI=1S/C17H29NO2/c1-12(2)15(19)17(10-8-7-9-11-17)16(20)18(13(3)4)14(5)6/h8-15,19H,7H2,1-6H3. The van der Waals surface area contributed by atoms with Crippen LogP contribution in [-0.2, 0) is 4.79 Å². The Morgan fingerprint density at radius 1 is 1.05 bits per heavy atom. The van der Waals surface area contributed by atoms with Crippen LogP contribution in [0, 0.1) is 11.3 Å². The predicted octanol–water partition coefficient (Wildman–Crippen LogP) is 3.15. The van der Waals surface area contributed by atoms with Crippen molar-refractivity contribution in [1.82, 2.24) is 4.90 Å². The molecule has 1 amide bonds. The number of rotatable bonds is 5. The molecule has 1 rings (SSSR count). The third-order valence-electron chi connectivity index (χ3n) is 3.90. The third-order valence-corrected chi connectivity index (χ3v) is 3.90. The molecular formula is C17H29NO2. The van der Waals surface area contributed by atoms with Crippen LogP contribution in [0.2, 0.25) is 0 Å². The first-order valence-corrected chi connectivity index (χ1v) is 7.60. The topological polar surface area (TPSA) is 40.5 Å². The lowest BCUT2D eigenvalue weighted by Gasteiger charge is -2.42. The van der Waals surface area contributed by atoms with Crippen molar-refractivity contribution in [3.8, 4) is 0 Å². The lowest BCUT2D eigenvalue weighted by molar-refractivity contribution is -0.147. The molecule has 0 aromatic heterocycles. The first kappa shape index (κ1) is 17.0. The first-order chi connectivity index (χ1) is 9.24. The maximum atomic E-state index is 13.1. The van der Waals surface area contributed by atoms with Gasteiger partial charge in [0, 0.05) is 12.1 Å². The number of amides is 1. The summed E-state index contributed by atoms with van der Waals surface area (Å²) in [5.41, 5.74) is -0.916. The van der Waals surface area contributed by atoms with Gasteiger partial charge in [-0.05, 0) is 40.0 Å². The SMILES string of the molecule is CC(C)C(O)C1(C(=O)N(C(C)C)C(C)C)C=CCC=C1. The van der Waals surface area contributed by atoms with Crippen molar-refractivity contribution in [1.29, 1.82) is 0 Å². The first-order valence-electron chi connectivity index (χ1n) is 7.60. The van der Waals surface area contributed by atoms with Gasteiger partial charge in [0.2, 0.25) is 5.91 Å². The van der Waals surface area contributed by atoms with Crippen molar-refractivity contribution in [2.24, 2.45) is 11.3 Å². The van der Waals surface area contributed by atoms with Gasteiger partial charge in [-0.3, -0.25) is 4.79 Å². The summed E-state index contributed by atoms with van der Waals surface area (Å²) in [5, 5.41) is 10.6. The van der Waals surface area contributed by atoms with Crippen LogP contribution in [0.1, 0.15) is 48.0 Å². The van der Waals surface area contributed by atoms with Crippen molar-refractivity contribution in [3.05, 3.63) is 24.3 Å². The van der Waals surface area contributed by atoms with Crippen LogP contribution in [0.25, 0.3) is 0 Å². The van der Waals surface area contributed by atoms with Gasteiger partial charge in [0.15, 0.2) is 0 Å². The average Bonchev–Trinajstić information content (AvgIpc) is 2.37. The maximum Gasteiger partial charge on any atom is 0.239 e. The molecule has 0 spiro atoms. The van der Waals surface area contributed by atoms with E-state index in [9.17, 15) is 9.90 Å². The molecule has 1 aliphatic rings. The highest BCUT2D eigenvalue weighted by atomic mass is 16.3. The summed E-state index contributed by atoms with van der Waals surface area (Å²) in [7, 11) is 0. The Labute approximate surface area is 123 Å².